The smallest absolute Gasteiger partial charge is 0.380 e. The molecule has 26 heavy (non-hydrogen) atoms. The summed E-state index contributed by atoms with van der Waals surface area (Å²) in [5.41, 5.74) is -2.74. The van der Waals surface area contributed by atoms with E-state index in [-0.39, 0.29) is 15.6 Å². The average molecular weight is 405 g/mol. The van der Waals surface area contributed by atoms with Crippen molar-refractivity contribution in [3.05, 3.63) is 69.7 Å². The van der Waals surface area contributed by atoms with Gasteiger partial charge in [0.05, 0.1) is 0 Å². The predicted octanol–water partition coefficient (Wildman–Crippen LogP) is 6.59. The van der Waals surface area contributed by atoms with Gasteiger partial charge in [0.1, 0.15) is 0 Å². The fourth-order valence-corrected chi connectivity index (χ4v) is 3.80. The fraction of sp³-hybridized carbons (Fsp3) is 0.400. The van der Waals surface area contributed by atoms with Crippen molar-refractivity contribution in [1.29, 1.82) is 0 Å². The van der Waals surface area contributed by atoms with Crippen LogP contribution in [0, 0.1) is 0 Å². The molecule has 2 aromatic rings. The molecule has 142 valence electrons. The van der Waals surface area contributed by atoms with Gasteiger partial charge in [-0.2, -0.15) is 13.2 Å². The van der Waals surface area contributed by atoms with Crippen molar-refractivity contribution < 1.29 is 18.3 Å². The third kappa shape index (κ3) is 4.73. The number of alkyl halides is 3. The van der Waals surface area contributed by atoms with E-state index in [1.807, 2.05) is 13.0 Å². The molecule has 0 heterocycles. The standard InChI is InChI=1S/C20H21Cl2F3O/c1-3-18(2,15-7-5-4-6-8-15)13-19(26,20(23,24)25)12-14-9-16(21)11-17(22)10-14/h4-11,26H,3,12-13H2,1-2H3. The lowest BCUT2D eigenvalue weighted by atomic mass is 9.70. The Hall–Kier alpha value is -1.23. The van der Waals surface area contributed by atoms with Gasteiger partial charge in [-0.25, -0.2) is 0 Å². The van der Waals surface area contributed by atoms with Crippen molar-refractivity contribution in [2.24, 2.45) is 0 Å². The van der Waals surface area contributed by atoms with E-state index < -0.39 is 30.0 Å². The van der Waals surface area contributed by atoms with Gasteiger partial charge in [-0.15, -0.1) is 0 Å². The first kappa shape index (κ1) is 21.1. The first-order valence-corrected chi connectivity index (χ1v) is 9.04. The Morgan fingerprint density at radius 3 is 1.96 bits per heavy atom. The maximum Gasteiger partial charge on any atom is 0.417 e. The predicted molar refractivity (Wildman–Crippen MR) is 99.9 cm³/mol. The van der Waals surface area contributed by atoms with Crippen LogP contribution in [0.3, 0.4) is 0 Å². The molecule has 0 bridgehead atoms. The van der Waals surface area contributed by atoms with Gasteiger partial charge < -0.3 is 5.11 Å². The van der Waals surface area contributed by atoms with Crippen molar-refractivity contribution in [1.82, 2.24) is 0 Å². The van der Waals surface area contributed by atoms with Crippen molar-refractivity contribution in [3.63, 3.8) is 0 Å². The van der Waals surface area contributed by atoms with Crippen molar-refractivity contribution in [3.8, 4) is 0 Å². The lowest BCUT2D eigenvalue weighted by Crippen LogP contribution is -2.51. The van der Waals surface area contributed by atoms with E-state index in [0.29, 0.717) is 6.42 Å². The Morgan fingerprint density at radius 2 is 1.50 bits per heavy atom. The minimum atomic E-state index is -4.80. The van der Waals surface area contributed by atoms with Crippen LogP contribution in [-0.2, 0) is 11.8 Å². The van der Waals surface area contributed by atoms with E-state index >= 15 is 0 Å². The van der Waals surface area contributed by atoms with Crippen LogP contribution < -0.4 is 0 Å². The van der Waals surface area contributed by atoms with E-state index in [1.54, 1.807) is 31.2 Å². The van der Waals surface area contributed by atoms with Gasteiger partial charge in [0.2, 0.25) is 0 Å². The molecule has 1 N–H and O–H groups in total. The summed E-state index contributed by atoms with van der Waals surface area (Å²) in [6.45, 7) is 3.56. The largest absolute Gasteiger partial charge is 0.417 e. The molecule has 2 unspecified atom stereocenters. The van der Waals surface area contributed by atoms with Crippen LogP contribution in [0.5, 0.6) is 0 Å². The van der Waals surface area contributed by atoms with E-state index in [4.69, 9.17) is 23.2 Å². The lowest BCUT2D eigenvalue weighted by molar-refractivity contribution is -0.266. The minimum absolute atomic E-state index is 0.235. The Kier molecular flexibility index (Phi) is 6.32. The summed E-state index contributed by atoms with van der Waals surface area (Å²) in [6, 6.07) is 13.2. The van der Waals surface area contributed by atoms with Crippen LogP contribution in [0.4, 0.5) is 13.2 Å². The van der Waals surface area contributed by atoms with Gasteiger partial charge in [0.15, 0.2) is 5.60 Å². The molecular formula is C20H21Cl2F3O. The quantitative estimate of drug-likeness (QED) is 0.575. The highest BCUT2D eigenvalue weighted by molar-refractivity contribution is 6.34. The Bertz CT molecular complexity index is 728. The van der Waals surface area contributed by atoms with Crippen LogP contribution in [0.25, 0.3) is 0 Å². The number of hydrogen-bond donors (Lipinski definition) is 1. The summed E-state index contributed by atoms with van der Waals surface area (Å²) >= 11 is 11.8. The third-order valence-electron chi connectivity index (χ3n) is 4.88. The first-order valence-electron chi connectivity index (χ1n) is 8.29. The summed E-state index contributed by atoms with van der Waals surface area (Å²) in [5.74, 6) is 0. The molecule has 2 aromatic carbocycles. The highest BCUT2D eigenvalue weighted by Gasteiger charge is 2.56. The lowest BCUT2D eigenvalue weighted by Gasteiger charge is -2.39. The van der Waals surface area contributed by atoms with Gasteiger partial charge in [0.25, 0.3) is 0 Å². The third-order valence-corrected chi connectivity index (χ3v) is 5.32. The van der Waals surface area contributed by atoms with Crippen LogP contribution >= 0.6 is 23.2 Å². The Morgan fingerprint density at radius 1 is 0.962 bits per heavy atom. The molecule has 6 heteroatoms. The number of rotatable bonds is 6. The van der Waals surface area contributed by atoms with Crippen molar-refractivity contribution in [2.45, 2.75) is 50.3 Å². The molecule has 1 nitrogen and oxygen atoms in total. The van der Waals surface area contributed by atoms with E-state index in [2.05, 4.69) is 0 Å². The van der Waals surface area contributed by atoms with Crippen molar-refractivity contribution >= 4 is 23.2 Å². The summed E-state index contributed by atoms with van der Waals surface area (Å²) in [4.78, 5) is 0. The number of aliphatic hydroxyl groups is 1. The normalized spacial score (nSPS) is 16.8. The zero-order valence-corrected chi connectivity index (χ0v) is 16.1. The van der Waals surface area contributed by atoms with Crippen LogP contribution in [0.15, 0.2) is 48.5 Å². The molecule has 0 aliphatic carbocycles. The van der Waals surface area contributed by atoms with Gasteiger partial charge in [0, 0.05) is 16.5 Å². The summed E-state index contributed by atoms with van der Waals surface area (Å²) in [7, 11) is 0. The molecule has 0 aliphatic rings. The average Bonchev–Trinajstić information content (AvgIpc) is 2.53. The minimum Gasteiger partial charge on any atom is -0.380 e. The topological polar surface area (TPSA) is 20.2 Å². The maximum atomic E-state index is 13.9. The SMILES string of the molecule is CCC(C)(CC(O)(Cc1cc(Cl)cc(Cl)c1)C(F)(F)F)c1ccccc1. The van der Waals surface area contributed by atoms with Crippen LogP contribution in [-0.4, -0.2) is 16.9 Å². The fourth-order valence-electron chi connectivity index (χ4n) is 3.23. The molecule has 0 spiro atoms. The maximum absolute atomic E-state index is 13.9. The highest BCUT2D eigenvalue weighted by atomic mass is 35.5. The van der Waals surface area contributed by atoms with Crippen LogP contribution in [0.1, 0.15) is 37.8 Å². The number of halogens is 5. The van der Waals surface area contributed by atoms with Crippen molar-refractivity contribution in [2.75, 3.05) is 0 Å². The highest BCUT2D eigenvalue weighted by Crippen LogP contribution is 2.44. The monoisotopic (exact) mass is 404 g/mol. The van der Waals surface area contributed by atoms with E-state index in [1.165, 1.54) is 18.2 Å². The molecule has 2 atom stereocenters. The summed E-state index contributed by atoms with van der Waals surface area (Å²) in [5, 5.41) is 11.2. The van der Waals surface area contributed by atoms with E-state index in [9.17, 15) is 18.3 Å². The van der Waals surface area contributed by atoms with Gasteiger partial charge in [-0.3, -0.25) is 0 Å². The molecule has 0 amide bonds. The van der Waals surface area contributed by atoms with Crippen LogP contribution in [0.2, 0.25) is 10.0 Å². The molecule has 0 aliphatic heterocycles. The Balaban J connectivity index is 2.43. The first-order chi connectivity index (χ1) is 12.0. The zero-order valence-electron chi connectivity index (χ0n) is 14.6. The van der Waals surface area contributed by atoms with Gasteiger partial charge in [-0.05, 0) is 47.6 Å². The zero-order chi connectivity index (χ0) is 19.6. The molecule has 0 aromatic heterocycles. The molecule has 0 fully saturated rings. The number of benzene rings is 2. The number of hydrogen-bond acceptors (Lipinski definition) is 1. The molecule has 0 saturated carbocycles. The second-order valence-corrected chi connectivity index (χ2v) is 7.81. The molecular weight excluding hydrogens is 384 g/mol. The summed E-state index contributed by atoms with van der Waals surface area (Å²) < 4.78 is 41.6. The van der Waals surface area contributed by atoms with Gasteiger partial charge >= 0.3 is 6.18 Å². The second kappa shape index (κ2) is 7.79. The Labute approximate surface area is 161 Å². The summed E-state index contributed by atoms with van der Waals surface area (Å²) in [6.07, 6.45) is -5.42. The van der Waals surface area contributed by atoms with Gasteiger partial charge in [-0.1, -0.05) is 67.4 Å². The van der Waals surface area contributed by atoms with E-state index in [0.717, 1.165) is 5.56 Å². The molecule has 0 saturated heterocycles. The second-order valence-electron chi connectivity index (χ2n) is 6.94. The molecule has 0 radical (unpaired) electrons. The molecule has 2 rings (SSSR count).